The van der Waals surface area contributed by atoms with Crippen LogP contribution in [0.5, 0.6) is 5.75 Å². The molecule has 1 aromatic rings. The zero-order chi connectivity index (χ0) is 20.2. The van der Waals surface area contributed by atoms with Crippen molar-refractivity contribution in [3.8, 4) is 5.75 Å². The SMILES string of the molecule is C=C/C=C(\C=C/CCC)N(C(=O)Nc1ccccc1OCC)C1=NCCCS1. The van der Waals surface area contributed by atoms with Gasteiger partial charge in [0.1, 0.15) is 5.75 Å². The lowest BCUT2D eigenvalue weighted by atomic mass is 10.2. The van der Waals surface area contributed by atoms with Gasteiger partial charge in [-0.3, -0.25) is 4.99 Å². The third-order valence-corrected chi connectivity index (χ3v) is 4.96. The summed E-state index contributed by atoms with van der Waals surface area (Å²) in [5.74, 6) is 1.59. The number of amides is 2. The first-order valence-electron chi connectivity index (χ1n) is 9.70. The van der Waals surface area contributed by atoms with Gasteiger partial charge in [0.2, 0.25) is 0 Å². The van der Waals surface area contributed by atoms with Crippen LogP contribution < -0.4 is 10.1 Å². The van der Waals surface area contributed by atoms with Crippen molar-refractivity contribution in [1.82, 2.24) is 4.90 Å². The van der Waals surface area contributed by atoms with Crippen molar-refractivity contribution in [1.29, 1.82) is 0 Å². The Hall–Kier alpha value is -2.47. The van der Waals surface area contributed by atoms with Crippen molar-refractivity contribution in [2.24, 2.45) is 4.99 Å². The Morgan fingerprint density at radius 3 is 2.89 bits per heavy atom. The highest BCUT2D eigenvalue weighted by Crippen LogP contribution is 2.26. The van der Waals surface area contributed by atoms with Gasteiger partial charge in [0.25, 0.3) is 0 Å². The first-order valence-corrected chi connectivity index (χ1v) is 10.7. The molecule has 0 spiro atoms. The molecule has 0 aliphatic carbocycles. The van der Waals surface area contributed by atoms with E-state index >= 15 is 0 Å². The van der Waals surface area contributed by atoms with E-state index in [0.29, 0.717) is 23.2 Å². The first-order chi connectivity index (χ1) is 13.7. The monoisotopic (exact) mass is 399 g/mol. The minimum atomic E-state index is -0.269. The molecule has 0 bridgehead atoms. The number of para-hydroxylation sites is 2. The van der Waals surface area contributed by atoms with E-state index in [0.717, 1.165) is 37.3 Å². The summed E-state index contributed by atoms with van der Waals surface area (Å²) >= 11 is 1.59. The molecule has 1 aliphatic rings. The van der Waals surface area contributed by atoms with Crippen molar-refractivity contribution >= 4 is 28.6 Å². The quantitative estimate of drug-likeness (QED) is 0.559. The van der Waals surface area contributed by atoms with Gasteiger partial charge in [-0.1, -0.05) is 56.0 Å². The Labute approximate surface area is 172 Å². The number of nitrogens with zero attached hydrogens (tertiary/aromatic N) is 2. The van der Waals surface area contributed by atoms with E-state index in [2.05, 4.69) is 29.9 Å². The fourth-order valence-electron chi connectivity index (χ4n) is 2.62. The third-order valence-electron chi connectivity index (χ3n) is 3.89. The number of benzene rings is 1. The van der Waals surface area contributed by atoms with Gasteiger partial charge in [-0.05, 0) is 44.1 Å². The lowest BCUT2D eigenvalue weighted by molar-refractivity contribution is 0.241. The van der Waals surface area contributed by atoms with Gasteiger partial charge < -0.3 is 10.1 Å². The number of rotatable bonds is 8. The number of anilines is 1. The highest BCUT2D eigenvalue weighted by molar-refractivity contribution is 8.13. The van der Waals surface area contributed by atoms with E-state index in [1.165, 1.54) is 0 Å². The fourth-order valence-corrected chi connectivity index (χ4v) is 3.57. The minimum Gasteiger partial charge on any atom is -0.492 e. The number of aliphatic imine (C=N–C) groups is 1. The fraction of sp³-hybridized carbons (Fsp3) is 0.364. The molecule has 0 radical (unpaired) electrons. The van der Waals surface area contributed by atoms with Crippen LogP contribution in [-0.2, 0) is 0 Å². The molecule has 6 heteroatoms. The van der Waals surface area contributed by atoms with Crippen LogP contribution in [0.4, 0.5) is 10.5 Å². The number of thioether (sulfide) groups is 1. The van der Waals surface area contributed by atoms with Crippen molar-refractivity contribution in [3.05, 3.63) is 60.8 Å². The highest BCUT2D eigenvalue weighted by atomic mass is 32.2. The number of ether oxygens (including phenoxy) is 1. The number of allylic oxidation sites excluding steroid dienone is 4. The molecule has 1 aliphatic heterocycles. The van der Waals surface area contributed by atoms with Crippen LogP contribution in [0.25, 0.3) is 0 Å². The summed E-state index contributed by atoms with van der Waals surface area (Å²) in [6.45, 7) is 9.10. The molecule has 0 saturated heterocycles. The van der Waals surface area contributed by atoms with Crippen LogP contribution >= 0.6 is 11.8 Å². The van der Waals surface area contributed by atoms with Gasteiger partial charge in [-0.25, -0.2) is 9.69 Å². The molecule has 0 saturated carbocycles. The maximum atomic E-state index is 13.3. The average molecular weight is 400 g/mol. The van der Waals surface area contributed by atoms with Crippen LogP contribution in [0, 0.1) is 0 Å². The lowest BCUT2D eigenvalue weighted by Crippen LogP contribution is -2.38. The molecule has 0 unspecified atom stereocenters. The second kappa shape index (κ2) is 12.1. The van der Waals surface area contributed by atoms with Gasteiger partial charge in [0, 0.05) is 12.3 Å². The van der Waals surface area contributed by atoms with E-state index in [-0.39, 0.29) is 6.03 Å². The van der Waals surface area contributed by atoms with Crippen molar-refractivity contribution in [2.45, 2.75) is 33.1 Å². The van der Waals surface area contributed by atoms with E-state index in [1.54, 1.807) is 22.7 Å². The molecule has 2 rings (SSSR count). The number of carbonyl (C=O) groups excluding carboxylic acids is 1. The van der Waals surface area contributed by atoms with Crippen LogP contribution in [0.2, 0.25) is 0 Å². The third kappa shape index (κ3) is 6.30. The van der Waals surface area contributed by atoms with Crippen molar-refractivity contribution in [3.63, 3.8) is 0 Å². The maximum Gasteiger partial charge on any atom is 0.332 e. The maximum absolute atomic E-state index is 13.3. The average Bonchev–Trinajstić information content (AvgIpc) is 2.71. The molecular weight excluding hydrogens is 370 g/mol. The van der Waals surface area contributed by atoms with Crippen LogP contribution in [0.1, 0.15) is 33.1 Å². The van der Waals surface area contributed by atoms with Gasteiger partial charge >= 0.3 is 6.03 Å². The smallest absolute Gasteiger partial charge is 0.332 e. The number of hydrogen-bond acceptors (Lipinski definition) is 4. The Morgan fingerprint density at radius 2 is 2.21 bits per heavy atom. The minimum absolute atomic E-state index is 0.269. The Balaban J connectivity index is 2.35. The van der Waals surface area contributed by atoms with Crippen LogP contribution in [-0.4, -0.2) is 35.0 Å². The second-order valence-electron chi connectivity index (χ2n) is 6.08. The summed E-state index contributed by atoms with van der Waals surface area (Å²) in [5.41, 5.74) is 1.37. The molecule has 0 aromatic heterocycles. The Kier molecular flexibility index (Phi) is 9.42. The first kappa shape index (κ1) is 21.8. The predicted octanol–water partition coefficient (Wildman–Crippen LogP) is 5.84. The van der Waals surface area contributed by atoms with E-state index in [9.17, 15) is 4.79 Å². The molecule has 28 heavy (non-hydrogen) atoms. The summed E-state index contributed by atoms with van der Waals surface area (Å²) in [4.78, 5) is 19.5. The molecule has 1 N–H and O–H groups in total. The Bertz CT molecular complexity index is 756. The largest absolute Gasteiger partial charge is 0.492 e. The number of unbranched alkanes of at least 4 members (excludes halogenated alkanes) is 1. The van der Waals surface area contributed by atoms with E-state index in [1.807, 2.05) is 43.3 Å². The zero-order valence-corrected chi connectivity index (χ0v) is 17.5. The molecule has 2 amide bonds. The van der Waals surface area contributed by atoms with E-state index < -0.39 is 0 Å². The molecule has 1 heterocycles. The predicted molar refractivity (Wildman–Crippen MR) is 120 cm³/mol. The molecule has 150 valence electrons. The molecule has 0 fully saturated rings. The van der Waals surface area contributed by atoms with E-state index in [4.69, 9.17) is 4.74 Å². The van der Waals surface area contributed by atoms with Crippen molar-refractivity contribution < 1.29 is 9.53 Å². The van der Waals surface area contributed by atoms with Gasteiger partial charge in [0.15, 0.2) is 5.17 Å². The normalized spacial score (nSPS) is 14.5. The second-order valence-corrected chi connectivity index (χ2v) is 7.14. The van der Waals surface area contributed by atoms with Crippen LogP contribution in [0.3, 0.4) is 0 Å². The zero-order valence-electron chi connectivity index (χ0n) is 16.7. The summed E-state index contributed by atoms with van der Waals surface area (Å²) in [6, 6.07) is 7.17. The number of nitrogens with one attached hydrogen (secondary N) is 1. The topological polar surface area (TPSA) is 53.9 Å². The van der Waals surface area contributed by atoms with Gasteiger partial charge in [-0.15, -0.1) is 0 Å². The summed E-state index contributed by atoms with van der Waals surface area (Å²) in [6.07, 6.45) is 10.5. The summed E-state index contributed by atoms with van der Waals surface area (Å²) in [7, 11) is 0. The van der Waals surface area contributed by atoms with Gasteiger partial charge in [0.05, 0.1) is 18.0 Å². The summed E-state index contributed by atoms with van der Waals surface area (Å²) in [5, 5.41) is 3.68. The lowest BCUT2D eigenvalue weighted by Gasteiger charge is -2.27. The summed E-state index contributed by atoms with van der Waals surface area (Å²) < 4.78 is 5.64. The standard InChI is InChI=1S/C22H29N3O2S/c1-4-7-8-13-18(12-5-2)25(22-23-16-11-17-28-22)21(26)24-19-14-9-10-15-20(19)27-6-3/h5,8-10,12-15H,2,4,6-7,11,16-17H2,1,3H3,(H,24,26)/b13-8-,18-12+. The number of urea groups is 1. The Morgan fingerprint density at radius 1 is 1.39 bits per heavy atom. The number of hydrogen-bond donors (Lipinski definition) is 1. The molecule has 1 aromatic carbocycles. The van der Waals surface area contributed by atoms with Crippen LogP contribution in [0.15, 0.2) is 65.8 Å². The number of carbonyl (C=O) groups is 1. The molecule has 0 atom stereocenters. The molecular formula is C22H29N3O2S. The highest BCUT2D eigenvalue weighted by Gasteiger charge is 2.25. The molecule has 5 nitrogen and oxygen atoms in total. The van der Waals surface area contributed by atoms with Gasteiger partial charge in [-0.2, -0.15) is 0 Å². The van der Waals surface area contributed by atoms with Crippen molar-refractivity contribution in [2.75, 3.05) is 24.2 Å². The number of amidine groups is 1.